The Bertz CT molecular complexity index is 1610. The average molecular weight is 487 g/mol. The number of nitrogens with zero attached hydrogens (tertiary/aromatic N) is 4. The van der Waals surface area contributed by atoms with Gasteiger partial charge < -0.3 is 9.47 Å². The molecule has 5 rings (SSSR count). The molecule has 0 amide bonds. The number of para-hydroxylation sites is 2. The molecule has 0 atom stereocenters. The third-order valence-electron chi connectivity index (χ3n) is 5.80. The predicted molar refractivity (Wildman–Crippen MR) is 135 cm³/mol. The van der Waals surface area contributed by atoms with Crippen LogP contribution in [0.3, 0.4) is 0 Å². The number of ether oxygens (including phenoxy) is 2. The molecule has 176 valence electrons. The topological polar surface area (TPSA) is 87.7 Å². The van der Waals surface area contributed by atoms with Crippen molar-refractivity contribution in [3.8, 4) is 11.5 Å². The van der Waals surface area contributed by atoms with Crippen molar-refractivity contribution < 1.29 is 14.3 Å². The molecule has 3 aromatic carbocycles. The van der Waals surface area contributed by atoms with Crippen LogP contribution in [-0.4, -0.2) is 39.7 Å². The zero-order valence-corrected chi connectivity index (χ0v) is 20.0. The standard InChI is InChI=1S/C26H22N4O4S/c1-33-22-10-6-3-7-18(22)14-29-24(32)20-8-4-5-9-21(20)30-25(29)27-28-26(30)35-16-19-13-17(15-31)11-12-23(19)34-2/h3-13,15H,14,16H2,1-2H3. The van der Waals surface area contributed by atoms with E-state index >= 15 is 0 Å². The fourth-order valence-corrected chi connectivity index (χ4v) is 5.02. The van der Waals surface area contributed by atoms with Crippen molar-refractivity contribution in [2.45, 2.75) is 17.5 Å². The van der Waals surface area contributed by atoms with Gasteiger partial charge in [0.05, 0.1) is 31.7 Å². The number of fused-ring (bicyclic) bond motifs is 3. The SMILES string of the molecule is COc1ccc(C=O)cc1CSc1nnc2n(Cc3ccccc3OC)c(=O)c3ccccc3n12. The number of methoxy groups -OCH3 is 2. The van der Waals surface area contributed by atoms with Gasteiger partial charge in [-0.15, -0.1) is 10.2 Å². The highest BCUT2D eigenvalue weighted by atomic mass is 32.2. The number of aldehydes is 1. The van der Waals surface area contributed by atoms with Crippen LogP contribution in [0.5, 0.6) is 11.5 Å². The molecule has 0 radical (unpaired) electrons. The number of aromatic nitrogens is 4. The van der Waals surface area contributed by atoms with Crippen molar-refractivity contribution >= 4 is 34.7 Å². The van der Waals surface area contributed by atoms with Gasteiger partial charge in [0.25, 0.3) is 5.56 Å². The maximum absolute atomic E-state index is 13.5. The first-order valence-electron chi connectivity index (χ1n) is 10.9. The number of hydrogen-bond acceptors (Lipinski definition) is 7. The first-order chi connectivity index (χ1) is 17.1. The van der Waals surface area contributed by atoms with Gasteiger partial charge in [-0.2, -0.15) is 0 Å². The fourth-order valence-electron chi connectivity index (χ4n) is 4.10. The van der Waals surface area contributed by atoms with E-state index in [0.29, 0.717) is 39.1 Å². The molecule has 35 heavy (non-hydrogen) atoms. The molecule has 0 bridgehead atoms. The first-order valence-corrected chi connectivity index (χ1v) is 11.9. The van der Waals surface area contributed by atoms with Crippen LogP contribution in [0, 0.1) is 0 Å². The Morgan fingerprint density at radius 1 is 0.914 bits per heavy atom. The number of benzene rings is 3. The molecule has 0 saturated carbocycles. The van der Waals surface area contributed by atoms with Crippen LogP contribution in [0.25, 0.3) is 16.7 Å². The van der Waals surface area contributed by atoms with Gasteiger partial charge >= 0.3 is 0 Å². The van der Waals surface area contributed by atoms with Crippen molar-refractivity contribution in [1.29, 1.82) is 0 Å². The molecule has 0 unspecified atom stereocenters. The van der Waals surface area contributed by atoms with Crippen LogP contribution in [0.15, 0.2) is 76.7 Å². The molecule has 8 nitrogen and oxygen atoms in total. The third-order valence-corrected chi connectivity index (χ3v) is 6.77. The predicted octanol–water partition coefficient (Wildman–Crippen LogP) is 4.21. The summed E-state index contributed by atoms with van der Waals surface area (Å²) in [5.74, 6) is 2.33. The van der Waals surface area contributed by atoms with Gasteiger partial charge in [0.15, 0.2) is 5.16 Å². The van der Waals surface area contributed by atoms with Crippen molar-refractivity contribution in [3.05, 3.63) is 93.8 Å². The molecule has 9 heteroatoms. The number of carbonyl (C=O) groups is 1. The number of rotatable bonds is 8. The monoisotopic (exact) mass is 486 g/mol. The summed E-state index contributed by atoms with van der Waals surface area (Å²) in [6.07, 6.45) is 0.810. The second kappa shape index (κ2) is 9.63. The smallest absolute Gasteiger partial charge is 0.263 e. The third kappa shape index (κ3) is 4.15. The van der Waals surface area contributed by atoms with E-state index in [-0.39, 0.29) is 12.1 Å². The van der Waals surface area contributed by atoms with Crippen molar-refractivity contribution in [2.75, 3.05) is 14.2 Å². The maximum atomic E-state index is 13.5. The summed E-state index contributed by atoms with van der Waals surface area (Å²) >= 11 is 1.46. The first kappa shape index (κ1) is 22.7. The second-order valence-electron chi connectivity index (χ2n) is 7.82. The summed E-state index contributed by atoms with van der Waals surface area (Å²) in [5, 5.41) is 10.0. The Hall–Kier alpha value is -4.11. The van der Waals surface area contributed by atoms with E-state index in [1.54, 1.807) is 43.1 Å². The maximum Gasteiger partial charge on any atom is 0.263 e. The Morgan fingerprint density at radius 2 is 1.66 bits per heavy atom. The summed E-state index contributed by atoms with van der Waals surface area (Å²) in [7, 11) is 3.21. The van der Waals surface area contributed by atoms with E-state index in [2.05, 4.69) is 10.2 Å². The van der Waals surface area contributed by atoms with Crippen LogP contribution in [-0.2, 0) is 12.3 Å². The Morgan fingerprint density at radius 3 is 2.46 bits per heavy atom. The van der Waals surface area contributed by atoms with Crippen LogP contribution in [0.4, 0.5) is 0 Å². The zero-order valence-electron chi connectivity index (χ0n) is 19.2. The molecule has 0 aliphatic rings. The van der Waals surface area contributed by atoms with Crippen LogP contribution >= 0.6 is 11.8 Å². The lowest BCUT2D eigenvalue weighted by Gasteiger charge is -2.13. The van der Waals surface area contributed by atoms with Gasteiger partial charge in [-0.25, -0.2) is 0 Å². The van der Waals surface area contributed by atoms with Crippen LogP contribution in [0.2, 0.25) is 0 Å². The largest absolute Gasteiger partial charge is 0.496 e. The van der Waals surface area contributed by atoms with Gasteiger partial charge in [-0.1, -0.05) is 42.1 Å². The lowest BCUT2D eigenvalue weighted by Crippen LogP contribution is -2.24. The van der Waals surface area contributed by atoms with Gasteiger partial charge in [-0.05, 0) is 36.4 Å². The molecular weight excluding hydrogens is 464 g/mol. The fraction of sp³-hybridized carbons (Fsp3) is 0.154. The molecule has 0 saturated heterocycles. The van der Waals surface area contributed by atoms with E-state index in [1.165, 1.54) is 11.8 Å². The van der Waals surface area contributed by atoms with Crippen LogP contribution < -0.4 is 15.0 Å². The van der Waals surface area contributed by atoms with Crippen LogP contribution in [0.1, 0.15) is 21.5 Å². The minimum Gasteiger partial charge on any atom is -0.496 e. The average Bonchev–Trinajstić information content (AvgIpc) is 3.33. The van der Waals surface area contributed by atoms with Crippen molar-refractivity contribution in [1.82, 2.24) is 19.2 Å². The molecular formula is C26H22N4O4S. The molecule has 5 aromatic rings. The highest BCUT2D eigenvalue weighted by Crippen LogP contribution is 2.29. The summed E-state index contributed by atoms with van der Waals surface area (Å²) in [4.78, 5) is 24.7. The minimum absolute atomic E-state index is 0.150. The molecule has 0 spiro atoms. The van der Waals surface area contributed by atoms with Crippen molar-refractivity contribution in [2.24, 2.45) is 0 Å². The molecule has 0 aliphatic heterocycles. The molecule has 0 fully saturated rings. The number of thioether (sulfide) groups is 1. The van der Waals surface area contributed by atoms with Crippen molar-refractivity contribution in [3.63, 3.8) is 0 Å². The van der Waals surface area contributed by atoms with E-state index in [9.17, 15) is 9.59 Å². The van der Waals surface area contributed by atoms with E-state index in [1.807, 2.05) is 46.9 Å². The van der Waals surface area contributed by atoms with E-state index in [0.717, 1.165) is 22.9 Å². The van der Waals surface area contributed by atoms with Gasteiger partial charge in [0.1, 0.15) is 17.8 Å². The zero-order chi connectivity index (χ0) is 24.4. The summed E-state index contributed by atoms with van der Waals surface area (Å²) < 4.78 is 14.5. The van der Waals surface area contributed by atoms with E-state index in [4.69, 9.17) is 9.47 Å². The summed E-state index contributed by atoms with van der Waals surface area (Å²) in [5.41, 5.74) is 2.88. The minimum atomic E-state index is -0.150. The lowest BCUT2D eigenvalue weighted by atomic mass is 10.1. The highest BCUT2D eigenvalue weighted by Gasteiger charge is 2.18. The Balaban J connectivity index is 1.62. The molecule has 2 aromatic heterocycles. The summed E-state index contributed by atoms with van der Waals surface area (Å²) in [6.45, 7) is 0.287. The molecule has 2 heterocycles. The Kier molecular flexibility index (Phi) is 6.24. The lowest BCUT2D eigenvalue weighted by molar-refractivity contribution is 0.112. The number of carbonyl (C=O) groups excluding carboxylic acids is 1. The molecule has 0 N–H and O–H groups in total. The second-order valence-corrected chi connectivity index (χ2v) is 8.76. The Labute approximate surface area is 205 Å². The van der Waals surface area contributed by atoms with Gasteiger partial charge in [-0.3, -0.25) is 18.6 Å². The van der Waals surface area contributed by atoms with Gasteiger partial charge in [0, 0.05) is 22.4 Å². The molecule has 0 aliphatic carbocycles. The normalized spacial score (nSPS) is 11.1. The highest BCUT2D eigenvalue weighted by molar-refractivity contribution is 7.98. The van der Waals surface area contributed by atoms with E-state index < -0.39 is 0 Å². The van der Waals surface area contributed by atoms with Gasteiger partial charge in [0.2, 0.25) is 5.78 Å². The quantitative estimate of drug-likeness (QED) is 0.240. The number of hydrogen-bond donors (Lipinski definition) is 0. The summed E-state index contributed by atoms with van der Waals surface area (Å²) in [6, 6.07) is 20.3.